The van der Waals surface area contributed by atoms with Gasteiger partial charge in [0.1, 0.15) is 0 Å². The summed E-state index contributed by atoms with van der Waals surface area (Å²) in [5, 5.41) is 0. The van der Waals surface area contributed by atoms with Crippen LogP contribution in [0.4, 0.5) is 0 Å². The van der Waals surface area contributed by atoms with Gasteiger partial charge >= 0.3 is 23.1 Å². The molecular formula is C9H11ClMgO. The van der Waals surface area contributed by atoms with E-state index in [2.05, 4.69) is 13.0 Å². The average Bonchev–Trinajstić information content (AvgIpc) is 2.03. The van der Waals surface area contributed by atoms with Crippen molar-refractivity contribution in [3.63, 3.8) is 0 Å². The van der Waals surface area contributed by atoms with Crippen molar-refractivity contribution in [2.75, 3.05) is 6.61 Å². The van der Waals surface area contributed by atoms with Crippen LogP contribution in [-0.2, 0) is 0 Å². The molecule has 0 aliphatic rings. The van der Waals surface area contributed by atoms with Crippen LogP contribution in [0.1, 0.15) is 13.3 Å². The van der Waals surface area contributed by atoms with Gasteiger partial charge < -0.3 is 17.1 Å². The van der Waals surface area contributed by atoms with Gasteiger partial charge in [0.05, 0.1) is 6.61 Å². The Labute approximate surface area is 96.1 Å². The molecule has 0 N–H and O–H groups in total. The summed E-state index contributed by atoms with van der Waals surface area (Å²) in [5.41, 5.74) is 0. The Bertz CT molecular complexity index is 179. The second kappa shape index (κ2) is 9.17. The summed E-state index contributed by atoms with van der Waals surface area (Å²) in [7, 11) is 0. The molecule has 0 aliphatic heterocycles. The molecule has 12 heavy (non-hydrogen) atoms. The molecule has 0 saturated carbocycles. The standard InChI is InChI=1S/C9H11O.ClH.Mg/c1-2-8-10-9-6-4-3-5-7-9;;/h3-4,6-7H,2,8H2,1H3;1H;/q-1;;+2/p-1. The third-order valence-electron chi connectivity index (χ3n) is 1.15. The average molecular weight is 195 g/mol. The van der Waals surface area contributed by atoms with Crippen LogP contribution in [0.5, 0.6) is 5.75 Å². The minimum atomic E-state index is 0. The van der Waals surface area contributed by atoms with E-state index in [0.29, 0.717) is 0 Å². The van der Waals surface area contributed by atoms with E-state index in [1.165, 1.54) is 0 Å². The van der Waals surface area contributed by atoms with Gasteiger partial charge in [-0.05, 0) is 6.42 Å². The summed E-state index contributed by atoms with van der Waals surface area (Å²) in [4.78, 5) is 0. The largest absolute Gasteiger partial charge is 2.00 e. The van der Waals surface area contributed by atoms with Crippen LogP contribution in [0, 0.1) is 6.07 Å². The maximum absolute atomic E-state index is 5.32. The number of benzene rings is 1. The molecule has 0 spiro atoms. The molecule has 1 nitrogen and oxygen atoms in total. The molecule has 0 heterocycles. The third kappa shape index (κ3) is 5.69. The van der Waals surface area contributed by atoms with Crippen molar-refractivity contribution in [2.24, 2.45) is 0 Å². The summed E-state index contributed by atoms with van der Waals surface area (Å²) < 4.78 is 5.32. The zero-order chi connectivity index (χ0) is 7.23. The molecule has 0 saturated heterocycles. The molecule has 0 radical (unpaired) electrons. The summed E-state index contributed by atoms with van der Waals surface area (Å²) in [6, 6.07) is 10.5. The summed E-state index contributed by atoms with van der Waals surface area (Å²) in [6.45, 7) is 2.88. The van der Waals surface area contributed by atoms with Crippen LogP contribution in [0.3, 0.4) is 0 Å². The van der Waals surface area contributed by atoms with Crippen molar-refractivity contribution in [3.8, 4) is 5.75 Å². The van der Waals surface area contributed by atoms with E-state index in [1.807, 2.05) is 24.3 Å². The van der Waals surface area contributed by atoms with Gasteiger partial charge in [-0.2, -0.15) is 18.2 Å². The molecule has 0 aromatic heterocycles. The van der Waals surface area contributed by atoms with Gasteiger partial charge in [0.25, 0.3) is 0 Å². The molecule has 3 heteroatoms. The Morgan fingerprint density at radius 3 is 2.75 bits per heavy atom. The maximum atomic E-state index is 5.32. The SMILES string of the molecule is CCCOc1c[c-]ccc1.[Cl-].[Mg+2]. The monoisotopic (exact) mass is 194 g/mol. The van der Waals surface area contributed by atoms with Crippen molar-refractivity contribution in [3.05, 3.63) is 30.3 Å². The van der Waals surface area contributed by atoms with Crippen LogP contribution in [-0.4, -0.2) is 29.7 Å². The normalized spacial score (nSPS) is 7.75. The quantitative estimate of drug-likeness (QED) is 0.439. The molecule has 0 fully saturated rings. The minimum absolute atomic E-state index is 0. The van der Waals surface area contributed by atoms with E-state index in [-0.39, 0.29) is 35.5 Å². The molecular weight excluding hydrogens is 184 g/mol. The van der Waals surface area contributed by atoms with Gasteiger partial charge in [-0.25, -0.2) is 0 Å². The van der Waals surface area contributed by atoms with Crippen LogP contribution < -0.4 is 17.1 Å². The smallest absolute Gasteiger partial charge is 1.00 e. The number of hydrogen-bond donors (Lipinski definition) is 0. The van der Waals surface area contributed by atoms with E-state index in [0.717, 1.165) is 18.8 Å². The summed E-state index contributed by atoms with van der Waals surface area (Å²) in [6.07, 6.45) is 1.05. The second-order valence-corrected chi connectivity index (χ2v) is 2.09. The van der Waals surface area contributed by atoms with Crippen LogP contribution in [0.25, 0.3) is 0 Å². The van der Waals surface area contributed by atoms with Gasteiger partial charge in [0.2, 0.25) is 0 Å². The van der Waals surface area contributed by atoms with Crippen molar-refractivity contribution < 1.29 is 17.1 Å². The predicted octanol–water partition coefficient (Wildman–Crippen LogP) is -1.10. The first-order chi connectivity index (χ1) is 4.93. The fraction of sp³-hybridized carbons (Fsp3) is 0.333. The van der Waals surface area contributed by atoms with E-state index in [1.54, 1.807) is 0 Å². The number of rotatable bonds is 3. The number of hydrogen-bond acceptors (Lipinski definition) is 1. The van der Waals surface area contributed by atoms with E-state index in [4.69, 9.17) is 4.74 Å². The van der Waals surface area contributed by atoms with Crippen LogP contribution in [0.2, 0.25) is 0 Å². The Morgan fingerprint density at radius 1 is 1.50 bits per heavy atom. The van der Waals surface area contributed by atoms with Gasteiger partial charge in [-0.1, -0.05) is 6.92 Å². The van der Waals surface area contributed by atoms with Gasteiger partial charge in [0.15, 0.2) is 0 Å². The Balaban J connectivity index is 0. The van der Waals surface area contributed by atoms with E-state index >= 15 is 0 Å². The van der Waals surface area contributed by atoms with Gasteiger partial charge in [-0.15, -0.1) is 12.1 Å². The van der Waals surface area contributed by atoms with E-state index in [9.17, 15) is 0 Å². The molecule has 0 unspecified atom stereocenters. The molecule has 0 atom stereocenters. The van der Waals surface area contributed by atoms with Crippen LogP contribution in [0.15, 0.2) is 24.3 Å². The number of ether oxygens (including phenoxy) is 1. The maximum Gasteiger partial charge on any atom is 2.00 e. The van der Waals surface area contributed by atoms with Crippen LogP contribution >= 0.6 is 0 Å². The van der Waals surface area contributed by atoms with E-state index < -0.39 is 0 Å². The molecule has 1 aromatic carbocycles. The summed E-state index contributed by atoms with van der Waals surface area (Å²) in [5.74, 6) is 0.907. The Morgan fingerprint density at radius 2 is 2.25 bits per heavy atom. The van der Waals surface area contributed by atoms with Crippen molar-refractivity contribution in [2.45, 2.75) is 13.3 Å². The molecule has 0 bridgehead atoms. The first-order valence-corrected chi connectivity index (χ1v) is 3.52. The van der Waals surface area contributed by atoms with Crippen molar-refractivity contribution >= 4 is 23.1 Å². The molecule has 0 aliphatic carbocycles. The Kier molecular flexibility index (Phi) is 11.1. The zero-order valence-corrected chi connectivity index (χ0v) is 9.39. The van der Waals surface area contributed by atoms with Crippen molar-refractivity contribution in [1.29, 1.82) is 0 Å². The molecule has 1 rings (SSSR count). The predicted molar refractivity (Wildman–Crippen MR) is 46.8 cm³/mol. The van der Waals surface area contributed by atoms with Crippen molar-refractivity contribution in [1.82, 2.24) is 0 Å². The van der Waals surface area contributed by atoms with Gasteiger partial charge in [-0.3, -0.25) is 0 Å². The fourth-order valence-electron chi connectivity index (χ4n) is 0.687. The minimum Gasteiger partial charge on any atom is -1.00 e. The first kappa shape index (κ1) is 14.6. The number of halogens is 1. The fourth-order valence-corrected chi connectivity index (χ4v) is 0.687. The molecule has 0 amide bonds. The molecule has 1 aromatic rings. The Hall–Kier alpha value is 0.0762. The first-order valence-electron chi connectivity index (χ1n) is 3.52. The zero-order valence-electron chi connectivity index (χ0n) is 7.22. The topological polar surface area (TPSA) is 9.23 Å². The third-order valence-corrected chi connectivity index (χ3v) is 1.15. The van der Waals surface area contributed by atoms with Gasteiger partial charge in [0, 0.05) is 5.75 Å². The summed E-state index contributed by atoms with van der Waals surface area (Å²) >= 11 is 0. The molecule has 62 valence electrons. The second-order valence-electron chi connectivity index (χ2n) is 2.09.